The van der Waals surface area contributed by atoms with Gasteiger partial charge in [0, 0.05) is 30.8 Å². The molecule has 0 radical (unpaired) electrons. The third kappa shape index (κ3) is 3.40. The zero-order valence-corrected chi connectivity index (χ0v) is 11.6. The highest BCUT2D eigenvalue weighted by molar-refractivity contribution is 5.91. The molecule has 0 N–H and O–H groups in total. The average molecular weight is 260 g/mol. The third-order valence-corrected chi connectivity index (χ3v) is 3.60. The number of aromatic nitrogens is 1. The molecule has 0 bridgehead atoms. The molecular weight excluding hydrogens is 240 g/mol. The number of carbonyl (C=O) groups excluding carboxylic acids is 2. The van der Waals surface area contributed by atoms with Gasteiger partial charge in [-0.25, -0.2) is 0 Å². The van der Waals surface area contributed by atoms with Crippen LogP contribution in [0.15, 0.2) is 24.5 Å². The number of nitrogens with zero attached hydrogens (tertiary/aromatic N) is 2. The molecule has 4 heteroatoms. The van der Waals surface area contributed by atoms with E-state index >= 15 is 0 Å². The number of ketones is 1. The number of pyridine rings is 1. The van der Waals surface area contributed by atoms with Crippen LogP contribution in [0, 0.1) is 0 Å². The molecule has 0 aliphatic carbocycles. The summed E-state index contributed by atoms with van der Waals surface area (Å²) in [6, 6.07) is 3.93. The van der Waals surface area contributed by atoms with Gasteiger partial charge in [0.1, 0.15) is 0 Å². The number of hydrogen-bond donors (Lipinski definition) is 0. The maximum atomic E-state index is 12.2. The molecule has 1 fully saturated rings. The van der Waals surface area contributed by atoms with Crippen LogP contribution >= 0.6 is 0 Å². The van der Waals surface area contributed by atoms with E-state index in [4.69, 9.17) is 0 Å². The van der Waals surface area contributed by atoms with Crippen LogP contribution in [0.4, 0.5) is 0 Å². The van der Waals surface area contributed by atoms with Gasteiger partial charge in [-0.1, -0.05) is 0 Å². The van der Waals surface area contributed by atoms with E-state index in [1.54, 1.807) is 17.3 Å². The van der Waals surface area contributed by atoms with Crippen LogP contribution in [0.2, 0.25) is 0 Å². The molecule has 4 nitrogen and oxygen atoms in total. The second-order valence-electron chi connectivity index (χ2n) is 5.72. The minimum atomic E-state index is -0.315. The van der Waals surface area contributed by atoms with E-state index in [0.717, 1.165) is 12.8 Å². The molecule has 0 atom stereocenters. The number of rotatable bonds is 4. The Labute approximate surface area is 113 Å². The van der Waals surface area contributed by atoms with Crippen molar-refractivity contribution in [1.29, 1.82) is 0 Å². The monoisotopic (exact) mass is 260 g/mol. The lowest BCUT2D eigenvalue weighted by molar-refractivity contribution is -0.135. The van der Waals surface area contributed by atoms with Crippen molar-refractivity contribution in [2.24, 2.45) is 0 Å². The molecule has 2 heterocycles. The largest absolute Gasteiger partial charge is 0.330 e. The van der Waals surface area contributed by atoms with Crippen LogP contribution in [0.25, 0.3) is 0 Å². The highest BCUT2D eigenvalue weighted by Crippen LogP contribution is 2.27. The molecule has 0 unspecified atom stereocenters. The van der Waals surface area contributed by atoms with Crippen LogP contribution in [-0.2, 0) is 16.0 Å². The Morgan fingerprint density at radius 2 is 2.05 bits per heavy atom. The number of hydrogen-bond acceptors (Lipinski definition) is 3. The van der Waals surface area contributed by atoms with Gasteiger partial charge >= 0.3 is 0 Å². The maximum absolute atomic E-state index is 12.2. The van der Waals surface area contributed by atoms with E-state index in [1.165, 1.54) is 5.56 Å². The molecule has 0 aromatic carbocycles. The van der Waals surface area contributed by atoms with Gasteiger partial charge in [0.05, 0.1) is 6.54 Å². The van der Waals surface area contributed by atoms with E-state index in [-0.39, 0.29) is 23.8 Å². The van der Waals surface area contributed by atoms with Crippen molar-refractivity contribution in [3.63, 3.8) is 0 Å². The molecule has 0 spiro atoms. The molecule has 0 saturated carbocycles. The number of Topliss-reactive ketones (excluding diaryl/α,β-unsaturated/α-hetero) is 1. The molecular formula is C15H20N2O2. The smallest absolute Gasteiger partial charge is 0.223 e. The highest BCUT2D eigenvalue weighted by Gasteiger charge is 2.39. The molecule has 2 rings (SSSR count). The SMILES string of the molecule is CC1(C)CC(=O)CN1C(=O)CCCc1ccncc1. The van der Waals surface area contributed by atoms with Crippen molar-refractivity contribution in [2.75, 3.05) is 6.54 Å². The first-order chi connectivity index (χ1) is 8.99. The van der Waals surface area contributed by atoms with E-state index in [1.807, 2.05) is 26.0 Å². The summed E-state index contributed by atoms with van der Waals surface area (Å²) in [6.07, 6.45) is 6.18. The molecule has 1 saturated heterocycles. The predicted octanol–water partition coefficient (Wildman–Crippen LogP) is 1.98. The van der Waals surface area contributed by atoms with Crippen molar-refractivity contribution in [2.45, 2.75) is 45.1 Å². The average Bonchev–Trinajstić information content (AvgIpc) is 2.64. The molecule has 102 valence electrons. The number of aryl methyl sites for hydroxylation is 1. The highest BCUT2D eigenvalue weighted by atomic mass is 16.2. The van der Waals surface area contributed by atoms with Gasteiger partial charge in [-0.3, -0.25) is 14.6 Å². The Bertz CT molecular complexity index is 468. The lowest BCUT2D eigenvalue weighted by Gasteiger charge is -2.30. The molecule has 1 aliphatic heterocycles. The van der Waals surface area contributed by atoms with Gasteiger partial charge < -0.3 is 4.90 Å². The Morgan fingerprint density at radius 1 is 1.37 bits per heavy atom. The minimum Gasteiger partial charge on any atom is -0.330 e. The second-order valence-corrected chi connectivity index (χ2v) is 5.72. The Kier molecular flexibility index (Phi) is 3.98. The minimum absolute atomic E-state index is 0.0879. The fraction of sp³-hybridized carbons (Fsp3) is 0.533. The summed E-state index contributed by atoms with van der Waals surface area (Å²) in [7, 11) is 0. The van der Waals surface area contributed by atoms with Crippen molar-refractivity contribution < 1.29 is 9.59 Å². The number of likely N-dealkylation sites (tertiary alicyclic amines) is 1. The van der Waals surface area contributed by atoms with Crippen molar-refractivity contribution >= 4 is 11.7 Å². The molecule has 1 aromatic rings. The van der Waals surface area contributed by atoms with Crippen molar-refractivity contribution in [1.82, 2.24) is 9.88 Å². The van der Waals surface area contributed by atoms with Crippen LogP contribution in [0.1, 0.15) is 38.7 Å². The predicted molar refractivity (Wildman–Crippen MR) is 72.6 cm³/mol. The summed E-state index contributed by atoms with van der Waals surface area (Å²) >= 11 is 0. The lowest BCUT2D eigenvalue weighted by atomic mass is 10.0. The lowest BCUT2D eigenvalue weighted by Crippen LogP contribution is -2.42. The second kappa shape index (κ2) is 5.51. The first kappa shape index (κ1) is 13.7. The quantitative estimate of drug-likeness (QED) is 0.831. The fourth-order valence-corrected chi connectivity index (χ4v) is 2.58. The van der Waals surface area contributed by atoms with Gasteiger partial charge in [0.15, 0.2) is 5.78 Å². The molecule has 19 heavy (non-hydrogen) atoms. The van der Waals surface area contributed by atoms with Gasteiger partial charge in [0.2, 0.25) is 5.91 Å². The topological polar surface area (TPSA) is 50.3 Å². The zero-order valence-electron chi connectivity index (χ0n) is 11.6. The number of amides is 1. The first-order valence-electron chi connectivity index (χ1n) is 6.70. The van der Waals surface area contributed by atoms with E-state index in [2.05, 4.69) is 4.98 Å². The first-order valence-corrected chi connectivity index (χ1v) is 6.70. The normalized spacial score (nSPS) is 17.8. The van der Waals surface area contributed by atoms with Gasteiger partial charge in [-0.2, -0.15) is 0 Å². The summed E-state index contributed by atoms with van der Waals surface area (Å²) in [6.45, 7) is 4.19. The van der Waals surface area contributed by atoms with Crippen LogP contribution in [-0.4, -0.2) is 33.7 Å². The summed E-state index contributed by atoms with van der Waals surface area (Å²) in [5.41, 5.74) is 0.879. The summed E-state index contributed by atoms with van der Waals surface area (Å²) in [4.78, 5) is 29.3. The number of carbonyl (C=O) groups is 2. The molecule has 1 amide bonds. The van der Waals surface area contributed by atoms with Crippen LogP contribution < -0.4 is 0 Å². The van der Waals surface area contributed by atoms with Gasteiger partial charge in [-0.05, 0) is 44.4 Å². The van der Waals surface area contributed by atoms with Crippen molar-refractivity contribution in [3.05, 3.63) is 30.1 Å². The van der Waals surface area contributed by atoms with Crippen LogP contribution in [0.5, 0.6) is 0 Å². The van der Waals surface area contributed by atoms with E-state index in [9.17, 15) is 9.59 Å². The zero-order chi connectivity index (χ0) is 13.9. The van der Waals surface area contributed by atoms with Crippen LogP contribution in [0.3, 0.4) is 0 Å². The fourth-order valence-electron chi connectivity index (χ4n) is 2.58. The van der Waals surface area contributed by atoms with E-state index < -0.39 is 0 Å². The Balaban J connectivity index is 1.83. The molecule has 1 aromatic heterocycles. The summed E-state index contributed by atoms with van der Waals surface area (Å²) < 4.78 is 0. The van der Waals surface area contributed by atoms with E-state index in [0.29, 0.717) is 12.8 Å². The Morgan fingerprint density at radius 3 is 2.63 bits per heavy atom. The van der Waals surface area contributed by atoms with Gasteiger partial charge in [-0.15, -0.1) is 0 Å². The molecule has 1 aliphatic rings. The summed E-state index contributed by atoms with van der Waals surface area (Å²) in [5, 5.41) is 0. The van der Waals surface area contributed by atoms with Gasteiger partial charge in [0.25, 0.3) is 0 Å². The summed E-state index contributed by atoms with van der Waals surface area (Å²) in [5.74, 6) is 0.248. The Hall–Kier alpha value is -1.71. The third-order valence-electron chi connectivity index (χ3n) is 3.60. The standard InChI is InChI=1S/C15H20N2O2/c1-15(2)10-13(18)11-17(15)14(19)5-3-4-12-6-8-16-9-7-12/h6-9H,3-5,10-11H2,1-2H3. The maximum Gasteiger partial charge on any atom is 0.223 e. The van der Waals surface area contributed by atoms with Crippen molar-refractivity contribution in [3.8, 4) is 0 Å².